The quantitative estimate of drug-likeness (QED) is 0.726. The van der Waals surface area contributed by atoms with Crippen LogP contribution in [0.1, 0.15) is 26.7 Å². The molecule has 0 amide bonds. The fourth-order valence-electron chi connectivity index (χ4n) is 1.74. The molecular weight excluding hydrogens is 192 g/mol. The number of rotatable bonds is 4. The lowest BCUT2D eigenvalue weighted by atomic mass is 9.95. The number of aliphatic carboxylic acids is 1. The van der Waals surface area contributed by atoms with Crippen molar-refractivity contribution in [2.45, 2.75) is 32.2 Å². The number of likely N-dealkylation sites (tertiary alicyclic amines) is 1. The second-order valence-corrected chi connectivity index (χ2v) is 5.06. The van der Waals surface area contributed by atoms with E-state index >= 15 is 0 Å². The molecule has 0 aliphatic carbocycles. The number of nitrogens with one attached hydrogen (secondary N) is 1. The molecule has 0 unspecified atom stereocenters. The molecule has 0 aromatic heterocycles. The first-order chi connectivity index (χ1) is 6.92. The number of piperidine rings is 1. The Morgan fingerprint density at radius 1 is 1.47 bits per heavy atom. The Labute approximate surface area is 91.6 Å². The average Bonchev–Trinajstić information content (AvgIpc) is 2.17. The standard InChI is InChI=1S/C11H22N2O2/c1-11(2,10(14)15)12-8-9-4-6-13(3)7-5-9/h9,12H,4-8H2,1-3H3,(H,14,15). The van der Waals surface area contributed by atoms with Crippen molar-refractivity contribution in [1.29, 1.82) is 0 Å². The number of carboxylic acid groups (broad SMARTS) is 1. The zero-order chi connectivity index (χ0) is 11.5. The van der Waals surface area contributed by atoms with Gasteiger partial charge in [-0.1, -0.05) is 0 Å². The van der Waals surface area contributed by atoms with Gasteiger partial charge >= 0.3 is 5.97 Å². The lowest BCUT2D eigenvalue weighted by Gasteiger charge is -2.31. The third-order valence-corrected chi connectivity index (χ3v) is 3.21. The Morgan fingerprint density at radius 2 is 2.00 bits per heavy atom. The molecule has 1 heterocycles. The van der Waals surface area contributed by atoms with Crippen LogP contribution in [-0.2, 0) is 4.79 Å². The molecule has 0 atom stereocenters. The fraction of sp³-hybridized carbons (Fsp3) is 0.909. The highest BCUT2D eigenvalue weighted by molar-refractivity contribution is 5.77. The van der Waals surface area contributed by atoms with Crippen molar-refractivity contribution in [2.75, 3.05) is 26.7 Å². The van der Waals surface area contributed by atoms with Gasteiger partial charge in [0.05, 0.1) is 0 Å². The lowest BCUT2D eigenvalue weighted by Crippen LogP contribution is -2.49. The number of hydrogen-bond acceptors (Lipinski definition) is 3. The van der Waals surface area contributed by atoms with Crippen LogP contribution in [0.5, 0.6) is 0 Å². The maximum absolute atomic E-state index is 10.9. The van der Waals surface area contributed by atoms with Crippen molar-refractivity contribution in [1.82, 2.24) is 10.2 Å². The summed E-state index contributed by atoms with van der Waals surface area (Å²) in [6, 6.07) is 0. The van der Waals surface area contributed by atoms with Crippen LogP contribution < -0.4 is 5.32 Å². The summed E-state index contributed by atoms with van der Waals surface area (Å²) in [5.74, 6) is -0.157. The van der Waals surface area contributed by atoms with E-state index in [4.69, 9.17) is 5.11 Å². The molecule has 1 aliphatic rings. The van der Waals surface area contributed by atoms with Gasteiger partial charge in [0.2, 0.25) is 0 Å². The molecular formula is C11H22N2O2. The highest BCUT2D eigenvalue weighted by Gasteiger charge is 2.27. The Hall–Kier alpha value is -0.610. The summed E-state index contributed by atoms with van der Waals surface area (Å²) < 4.78 is 0. The SMILES string of the molecule is CN1CCC(CNC(C)(C)C(=O)O)CC1. The van der Waals surface area contributed by atoms with E-state index in [0.717, 1.165) is 19.6 Å². The third-order valence-electron chi connectivity index (χ3n) is 3.21. The first kappa shape index (κ1) is 12.5. The summed E-state index contributed by atoms with van der Waals surface area (Å²) in [5.41, 5.74) is -0.802. The van der Waals surface area contributed by atoms with Crippen molar-refractivity contribution < 1.29 is 9.90 Å². The molecule has 15 heavy (non-hydrogen) atoms. The summed E-state index contributed by atoms with van der Waals surface area (Å²) in [4.78, 5) is 13.2. The smallest absolute Gasteiger partial charge is 0.323 e. The molecule has 4 nitrogen and oxygen atoms in total. The van der Waals surface area contributed by atoms with E-state index in [1.807, 2.05) is 0 Å². The number of carbonyl (C=O) groups is 1. The zero-order valence-electron chi connectivity index (χ0n) is 9.92. The number of hydrogen-bond donors (Lipinski definition) is 2. The topological polar surface area (TPSA) is 52.6 Å². The van der Waals surface area contributed by atoms with Crippen LogP contribution >= 0.6 is 0 Å². The molecule has 0 saturated carbocycles. The van der Waals surface area contributed by atoms with Gasteiger partial charge in [0.15, 0.2) is 0 Å². The van der Waals surface area contributed by atoms with Crippen LogP contribution in [0.15, 0.2) is 0 Å². The van der Waals surface area contributed by atoms with Gasteiger partial charge in [-0.25, -0.2) is 0 Å². The van der Waals surface area contributed by atoms with E-state index in [-0.39, 0.29) is 0 Å². The second-order valence-electron chi connectivity index (χ2n) is 5.06. The molecule has 0 aromatic carbocycles. The highest BCUT2D eigenvalue weighted by atomic mass is 16.4. The van der Waals surface area contributed by atoms with Crippen molar-refractivity contribution >= 4 is 5.97 Å². The van der Waals surface area contributed by atoms with E-state index in [1.165, 1.54) is 12.8 Å². The van der Waals surface area contributed by atoms with E-state index in [0.29, 0.717) is 5.92 Å². The Morgan fingerprint density at radius 3 is 2.47 bits per heavy atom. The molecule has 1 rings (SSSR count). The van der Waals surface area contributed by atoms with Crippen molar-refractivity contribution in [2.24, 2.45) is 5.92 Å². The first-order valence-corrected chi connectivity index (χ1v) is 5.59. The van der Waals surface area contributed by atoms with Gasteiger partial charge in [0.25, 0.3) is 0 Å². The maximum Gasteiger partial charge on any atom is 0.323 e. The van der Waals surface area contributed by atoms with Crippen molar-refractivity contribution in [3.63, 3.8) is 0 Å². The van der Waals surface area contributed by atoms with Crippen molar-refractivity contribution in [3.05, 3.63) is 0 Å². The Balaban J connectivity index is 2.28. The van der Waals surface area contributed by atoms with Crippen LogP contribution in [0, 0.1) is 5.92 Å². The summed E-state index contributed by atoms with van der Waals surface area (Å²) in [6.45, 7) is 6.49. The normalized spacial score (nSPS) is 20.5. The molecule has 2 N–H and O–H groups in total. The van der Waals surface area contributed by atoms with Gasteiger partial charge in [-0.3, -0.25) is 4.79 Å². The van der Waals surface area contributed by atoms with Gasteiger partial charge in [0.1, 0.15) is 5.54 Å². The maximum atomic E-state index is 10.9. The minimum absolute atomic E-state index is 0.625. The van der Waals surface area contributed by atoms with Crippen LogP contribution in [0.4, 0.5) is 0 Å². The van der Waals surface area contributed by atoms with Gasteiger partial charge in [-0.2, -0.15) is 0 Å². The van der Waals surface area contributed by atoms with E-state index in [1.54, 1.807) is 13.8 Å². The molecule has 1 aliphatic heterocycles. The average molecular weight is 214 g/mol. The van der Waals surface area contributed by atoms with Crippen LogP contribution in [0.25, 0.3) is 0 Å². The second kappa shape index (κ2) is 4.94. The van der Waals surface area contributed by atoms with E-state index in [2.05, 4.69) is 17.3 Å². The summed E-state index contributed by atoms with van der Waals surface area (Å²) >= 11 is 0. The van der Waals surface area contributed by atoms with Gasteiger partial charge in [-0.15, -0.1) is 0 Å². The van der Waals surface area contributed by atoms with Crippen LogP contribution in [-0.4, -0.2) is 48.2 Å². The molecule has 1 fully saturated rings. The lowest BCUT2D eigenvalue weighted by molar-refractivity contribution is -0.143. The number of nitrogens with zero attached hydrogens (tertiary/aromatic N) is 1. The molecule has 88 valence electrons. The zero-order valence-corrected chi connectivity index (χ0v) is 9.92. The van der Waals surface area contributed by atoms with Crippen LogP contribution in [0.2, 0.25) is 0 Å². The van der Waals surface area contributed by atoms with Gasteiger partial charge in [-0.05, 0) is 59.3 Å². The summed E-state index contributed by atoms with van der Waals surface area (Å²) in [6.07, 6.45) is 2.33. The first-order valence-electron chi connectivity index (χ1n) is 5.59. The fourth-order valence-corrected chi connectivity index (χ4v) is 1.74. The Kier molecular flexibility index (Phi) is 4.11. The molecule has 4 heteroatoms. The van der Waals surface area contributed by atoms with Gasteiger partial charge < -0.3 is 15.3 Å². The molecule has 0 bridgehead atoms. The third kappa shape index (κ3) is 3.80. The number of carboxylic acids is 1. The largest absolute Gasteiger partial charge is 0.480 e. The van der Waals surface area contributed by atoms with Crippen molar-refractivity contribution in [3.8, 4) is 0 Å². The highest BCUT2D eigenvalue weighted by Crippen LogP contribution is 2.16. The minimum atomic E-state index is -0.802. The van der Waals surface area contributed by atoms with E-state index < -0.39 is 11.5 Å². The predicted molar refractivity (Wildman–Crippen MR) is 59.9 cm³/mol. The summed E-state index contributed by atoms with van der Waals surface area (Å²) in [5, 5.41) is 12.1. The van der Waals surface area contributed by atoms with E-state index in [9.17, 15) is 4.79 Å². The molecule has 1 saturated heterocycles. The van der Waals surface area contributed by atoms with Crippen LogP contribution in [0.3, 0.4) is 0 Å². The molecule has 0 aromatic rings. The minimum Gasteiger partial charge on any atom is -0.480 e. The Bertz CT molecular complexity index is 221. The molecule has 0 radical (unpaired) electrons. The summed E-state index contributed by atoms with van der Waals surface area (Å²) in [7, 11) is 2.13. The predicted octanol–water partition coefficient (Wildman–Crippen LogP) is 0.781. The monoisotopic (exact) mass is 214 g/mol. The van der Waals surface area contributed by atoms with Gasteiger partial charge in [0, 0.05) is 0 Å². The molecule has 0 spiro atoms.